The number of piperidine rings is 1. The van der Waals surface area contributed by atoms with E-state index in [4.69, 9.17) is 14.2 Å². The van der Waals surface area contributed by atoms with Crippen molar-refractivity contribution in [3.05, 3.63) is 54.1 Å². The number of hydrogen-bond acceptors (Lipinski definition) is 7. The minimum Gasteiger partial charge on any atom is -0.497 e. The fourth-order valence-corrected chi connectivity index (χ4v) is 4.71. The highest BCUT2D eigenvalue weighted by molar-refractivity contribution is 5.51. The predicted molar refractivity (Wildman–Crippen MR) is 128 cm³/mol. The van der Waals surface area contributed by atoms with Gasteiger partial charge in [-0.25, -0.2) is 0 Å². The molecule has 2 N–H and O–H groups in total. The van der Waals surface area contributed by atoms with E-state index >= 15 is 0 Å². The molecule has 0 spiro atoms. The number of aliphatic hydroxyl groups is 2. The van der Waals surface area contributed by atoms with Gasteiger partial charge in [-0.05, 0) is 43.5 Å². The summed E-state index contributed by atoms with van der Waals surface area (Å²) in [4.78, 5) is 4.41. The van der Waals surface area contributed by atoms with Crippen molar-refractivity contribution in [1.82, 2.24) is 4.90 Å². The lowest BCUT2D eigenvalue weighted by atomic mass is 9.90. The van der Waals surface area contributed by atoms with Crippen molar-refractivity contribution < 1.29 is 24.4 Å². The smallest absolute Gasteiger partial charge is 0.134 e. The first-order chi connectivity index (χ1) is 15.9. The summed E-state index contributed by atoms with van der Waals surface area (Å²) in [7, 11) is 1.67. The van der Waals surface area contributed by atoms with E-state index in [-0.39, 0.29) is 13.2 Å². The zero-order chi connectivity index (χ0) is 23.3. The van der Waals surface area contributed by atoms with Gasteiger partial charge in [-0.3, -0.25) is 4.90 Å². The summed E-state index contributed by atoms with van der Waals surface area (Å²) in [5.74, 6) is 1.61. The van der Waals surface area contributed by atoms with Crippen LogP contribution in [0.5, 0.6) is 11.5 Å². The van der Waals surface area contributed by atoms with E-state index < -0.39 is 11.2 Å². The third kappa shape index (κ3) is 6.18. The molecule has 4 rings (SSSR count). The first kappa shape index (κ1) is 23.8. The molecular formula is C26H36N2O5. The SMILES string of the molecule is COc1cccc(N2CCC(O)(CN3CCOCC(O)(COc4ccccc4C)C3)CC2)c1. The van der Waals surface area contributed by atoms with Gasteiger partial charge in [0.2, 0.25) is 0 Å². The van der Waals surface area contributed by atoms with Crippen LogP contribution in [0.25, 0.3) is 0 Å². The molecule has 7 heteroatoms. The molecule has 2 aromatic rings. The van der Waals surface area contributed by atoms with Crippen LogP contribution in [0, 0.1) is 6.92 Å². The fourth-order valence-electron chi connectivity index (χ4n) is 4.71. The predicted octanol–water partition coefficient (Wildman–Crippen LogP) is 2.48. The zero-order valence-electron chi connectivity index (χ0n) is 19.7. The average molecular weight is 457 g/mol. The maximum atomic E-state index is 11.3. The molecule has 1 unspecified atom stereocenters. The van der Waals surface area contributed by atoms with E-state index in [1.54, 1.807) is 7.11 Å². The topological polar surface area (TPSA) is 74.6 Å². The van der Waals surface area contributed by atoms with Crippen LogP contribution in [-0.2, 0) is 4.74 Å². The van der Waals surface area contributed by atoms with Gasteiger partial charge in [0.25, 0.3) is 0 Å². The van der Waals surface area contributed by atoms with E-state index in [2.05, 4.69) is 15.9 Å². The van der Waals surface area contributed by atoms with Crippen molar-refractivity contribution in [3.63, 3.8) is 0 Å². The van der Waals surface area contributed by atoms with E-state index in [0.29, 0.717) is 39.1 Å². The zero-order valence-corrected chi connectivity index (χ0v) is 19.7. The highest BCUT2D eigenvalue weighted by atomic mass is 16.5. The van der Waals surface area contributed by atoms with E-state index in [9.17, 15) is 10.2 Å². The Morgan fingerprint density at radius 2 is 1.79 bits per heavy atom. The molecule has 2 heterocycles. The summed E-state index contributed by atoms with van der Waals surface area (Å²) in [6.45, 7) is 6.02. The van der Waals surface area contributed by atoms with E-state index in [0.717, 1.165) is 35.8 Å². The lowest BCUT2D eigenvalue weighted by Gasteiger charge is -2.42. The number of rotatable bonds is 7. The fraction of sp³-hybridized carbons (Fsp3) is 0.538. The molecule has 2 fully saturated rings. The average Bonchev–Trinajstić information content (AvgIpc) is 3.00. The molecule has 2 aliphatic rings. The summed E-state index contributed by atoms with van der Waals surface area (Å²) < 4.78 is 17.0. The second-order valence-electron chi connectivity index (χ2n) is 9.45. The number of benzene rings is 2. The Hall–Kier alpha value is -2.32. The normalized spacial score (nSPS) is 23.7. The largest absolute Gasteiger partial charge is 0.497 e. The molecule has 180 valence electrons. The van der Waals surface area contributed by atoms with Crippen LogP contribution in [-0.4, -0.2) is 86.0 Å². The number of ether oxygens (including phenoxy) is 3. The summed E-state index contributed by atoms with van der Waals surface area (Å²) in [6, 6.07) is 15.8. The van der Waals surface area contributed by atoms with Crippen LogP contribution < -0.4 is 14.4 Å². The molecular weight excluding hydrogens is 420 g/mol. The number of β-amino-alcohol motifs (C(OH)–C–C–N with tert-alkyl or cyclic N) is 2. The molecule has 0 aromatic heterocycles. The number of methoxy groups -OCH3 is 1. The number of para-hydroxylation sites is 1. The Balaban J connectivity index is 1.34. The van der Waals surface area contributed by atoms with Crippen LogP contribution in [0.4, 0.5) is 5.69 Å². The van der Waals surface area contributed by atoms with Gasteiger partial charge < -0.3 is 29.3 Å². The van der Waals surface area contributed by atoms with Gasteiger partial charge in [-0.1, -0.05) is 24.3 Å². The van der Waals surface area contributed by atoms with Gasteiger partial charge in [0.05, 0.1) is 25.9 Å². The van der Waals surface area contributed by atoms with Gasteiger partial charge in [0.1, 0.15) is 23.7 Å². The maximum absolute atomic E-state index is 11.3. The highest BCUT2D eigenvalue weighted by Crippen LogP contribution is 2.30. The molecule has 0 bridgehead atoms. The van der Waals surface area contributed by atoms with Crippen molar-refractivity contribution >= 4 is 5.69 Å². The Kier molecular flexibility index (Phi) is 7.44. The molecule has 33 heavy (non-hydrogen) atoms. The Morgan fingerprint density at radius 3 is 2.55 bits per heavy atom. The van der Waals surface area contributed by atoms with Crippen molar-refractivity contribution in [3.8, 4) is 11.5 Å². The minimum atomic E-state index is -1.13. The van der Waals surface area contributed by atoms with Gasteiger partial charge in [-0.15, -0.1) is 0 Å². The molecule has 2 aromatic carbocycles. The lowest BCUT2D eigenvalue weighted by Crippen LogP contribution is -2.55. The maximum Gasteiger partial charge on any atom is 0.134 e. The molecule has 0 saturated carbocycles. The first-order valence-electron chi connectivity index (χ1n) is 11.7. The molecule has 2 aliphatic heterocycles. The Bertz CT molecular complexity index is 915. The molecule has 7 nitrogen and oxygen atoms in total. The standard InChI is InChI=1S/C26H36N2O5/c1-21-6-3-4-9-24(21)33-20-26(30)18-27(14-15-32-19-26)17-25(29)10-12-28(13-11-25)22-7-5-8-23(16-22)31-2/h3-9,16,29-30H,10-15,17-20H2,1-2H3. The van der Waals surface area contributed by atoms with Gasteiger partial charge >= 0.3 is 0 Å². The number of aryl methyl sites for hydroxylation is 1. The first-order valence-corrected chi connectivity index (χ1v) is 11.7. The van der Waals surface area contributed by atoms with Crippen molar-refractivity contribution in [2.75, 3.05) is 64.6 Å². The summed E-state index contributed by atoms with van der Waals surface area (Å²) in [5, 5.41) is 22.6. The van der Waals surface area contributed by atoms with Gasteiger partial charge in [0, 0.05) is 44.5 Å². The van der Waals surface area contributed by atoms with Crippen molar-refractivity contribution in [2.24, 2.45) is 0 Å². The number of hydrogen-bond donors (Lipinski definition) is 2. The van der Waals surface area contributed by atoms with E-state index in [1.165, 1.54) is 0 Å². The van der Waals surface area contributed by atoms with Crippen LogP contribution >= 0.6 is 0 Å². The van der Waals surface area contributed by atoms with Crippen molar-refractivity contribution in [1.29, 1.82) is 0 Å². The third-order valence-corrected chi connectivity index (χ3v) is 6.66. The highest BCUT2D eigenvalue weighted by Gasteiger charge is 2.39. The van der Waals surface area contributed by atoms with Crippen LogP contribution in [0.2, 0.25) is 0 Å². The molecule has 0 aliphatic carbocycles. The number of anilines is 1. The van der Waals surface area contributed by atoms with Gasteiger partial charge in [-0.2, -0.15) is 0 Å². The Morgan fingerprint density at radius 1 is 1.00 bits per heavy atom. The second-order valence-corrected chi connectivity index (χ2v) is 9.45. The Labute approximate surface area is 196 Å². The van der Waals surface area contributed by atoms with Crippen LogP contribution in [0.1, 0.15) is 18.4 Å². The summed E-state index contributed by atoms with van der Waals surface area (Å²) in [6.07, 6.45) is 1.33. The molecule has 1 atom stereocenters. The summed E-state index contributed by atoms with van der Waals surface area (Å²) in [5.41, 5.74) is 0.223. The third-order valence-electron chi connectivity index (χ3n) is 6.66. The quantitative estimate of drug-likeness (QED) is 0.663. The van der Waals surface area contributed by atoms with Crippen LogP contribution in [0.15, 0.2) is 48.5 Å². The molecule has 0 amide bonds. The summed E-state index contributed by atoms with van der Waals surface area (Å²) >= 11 is 0. The minimum absolute atomic E-state index is 0.149. The lowest BCUT2D eigenvalue weighted by molar-refractivity contribution is -0.0743. The number of nitrogens with zero attached hydrogens (tertiary/aromatic N) is 2. The monoisotopic (exact) mass is 456 g/mol. The molecule has 0 radical (unpaired) electrons. The van der Waals surface area contributed by atoms with E-state index in [1.807, 2.05) is 49.4 Å². The second kappa shape index (κ2) is 10.3. The van der Waals surface area contributed by atoms with Crippen LogP contribution in [0.3, 0.4) is 0 Å². The molecule has 2 saturated heterocycles. The van der Waals surface area contributed by atoms with Gasteiger partial charge in [0.15, 0.2) is 0 Å². The van der Waals surface area contributed by atoms with Crippen molar-refractivity contribution in [2.45, 2.75) is 31.0 Å².